The fourth-order valence-electron chi connectivity index (χ4n) is 1.56. The van der Waals surface area contributed by atoms with Crippen molar-refractivity contribution in [3.8, 4) is 0 Å². The topological polar surface area (TPSA) is 55.1 Å². The van der Waals surface area contributed by atoms with E-state index in [1.807, 2.05) is 0 Å². The summed E-state index contributed by atoms with van der Waals surface area (Å²) in [5.74, 6) is -2.13. The zero-order valence-electron chi connectivity index (χ0n) is 9.88. The third-order valence-electron chi connectivity index (χ3n) is 2.54. The molecule has 0 atom stereocenters. The second kappa shape index (κ2) is 5.64. The predicted octanol–water partition coefficient (Wildman–Crippen LogP) is 4.11. The zero-order chi connectivity index (χ0) is 14.9. The highest BCUT2D eigenvalue weighted by Crippen LogP contribution is 2.28. The van der Waals surface area contributed by atoms with Crippen LogP contribution in [-0.4, -0.2) is 5.91 Å². The van der Waals surface area contributed by atoms with E-state index in [0.717, 1.165) is 6.07 Å². The number of nitrogens with one attached hydrogen (secondary N) is 1. The molecule has 0 bridgehead atoms. The number of carbonyl (C=O) groups is 1. The fourth-order valence-corrected chi connectivity index (χ4v) is 2.05. The largest absolute Gasteiger partial charge is 0.396 e. The number of hydrogen-bond donors (Lipinski definition) is 2. The quantitative estimate of drug-likeness (QED) is 0.647. The molecule has 3 nitrogen and oxygen atoms in total. The number of para-hydroxylation sites is 1. The lowest BCUT2D eigenvalue weighted by Crippen LogP contribution is -2.15. The molecule has 0 aliphatic rings. The average molecular weight is 317 g/mol. The molecule has 0 aliphatic heterocycles. The van der Waals surface area contributed by atoms with Gasteiger partial charge in [0.2, 0.25) is 0 Å². The average Bonchev–Trinajstić information content (AvgIpc) is 2.39. The van der Waals surface area contributed by atoms with Gasteiger partial charge in [0, 0.05) is 5.69 Å². The van der Waals surface area contributed by atoms with E-state index in [4.69, 9.17) is 28.9 Å². The van der Waals surface area contributed by atoms with Crippen LogP contribution in [0.1, 0.15) is 10.4 Å². The van der Waals surface area contributed by atoms with Crippen molar-refractivity contribution < 1.29 is 13.6 Å². The fraction of sp³-hybridized carbons (Fsp3) is 0. The summed E-state index contributed by atoms with van der Waals surface area (Å²) in [4.78, 5) is 12.0. The summed E-state index contributed by atoms with van der Waals surface area (Å²) in [6.45, 7) is 0. The third kappa shape index (κ3) is 2.84. The van der Waals surface area contributed by atoms with Crippen LogP contribution >= 0.6 is 23.2 Å². The Morgan fingerprint density at radius 2 is 1.75 bits per heavy atom. The highest BCUT2D eigenvalue weighted by atomic mass is 35.5. The molecule has 0 saturated heterocycles. The van der Waals surface area contributed by atoms with Gasteiger partial charge in [0.25, 0.3) is 5.91 Å². The molecule has 3 N–H and O–H groups in total. The summed E-state index contributed by atoms with van der Waals surface area (Å²) in [5, 5.41) is 1.94. The maximum atomic E-state index is 13.3. The van der Waals surface area contributed by atoms with Gasteiger partial charge in [-0.3, -0.25) is 4.79 Å². The molecule has 0 unspecified atom stereocenters. The highest BCUT2D eigenvalue weighted by Gasteiger charge is 2.14. The van der Waals surface area contributed by atoms with Crippen LogP contribution in [0, 0.1) is 11.6 Å². The first-order valence-electron chi connectivity index (χ1n) is 5.40. The summed E-state index contributed by atoms with van der Waals surface area (Å²) in [6.07, 6.45) is 0. The van der Waals surface area contributed by atoms with Gasteiger partial charge in [-0.15, -0.1) is 0 Å². The van der Waals surface area contributed by atoms with Crippen LogP contribution in [0.3, 0.4) is 0 Å². The molecule has 2 aromatic carbocycles. The molecule has 7 heteroatoms. The molecule has 104 valence electrons. The van der Waals surface area contributed by atoms with Crippen molar-refractivity contribution in [2.75, 3.05) is 11.1 Å². The minimum absolute atomic E-state index is 0.0402. The van der Waals surface area contributed by atoms with Gasteiger partial charge in [0.1, 0.15) is 5.82 Å². The molecule has 1 amide bonds. The molecule has 20 heavy (non-hydrogen) atoms. The summed E-state index contributed by atoms with van der Waals surface area (Å²) in [5.41, 5.74) is 5.34. The zero-order valence-corrected chi connectivity index (χ0v) is 11.4. The molecule has 0 aromatic heterocycles. The Balaban J connectivity index is 2.30. The van der Waals surface area contributed by atoms with E-state index in [0.29, 0.717) is 0 Å². The SMILES string of the molecule is Nc1c(F)cccc1C(=O)Nc1cc(Cl)c(F)c(Cl)c1. The van der Waals surface area contributed by atoms with Crippen LogP contribution in [0.5, 0.6) is 0 Å². The molecule has 0 spiro atoms. The van der Waals surface area contributed by atoms with Crippen LogP contribution < -0.4 is 11.1 Å². The molecule has 0 heterocycles. The Morgan fingerprint density at radius 1 is 1.15 bits per heavy atom. The summed E-state index contributed by atoms with van der Waals surface area (Å²) >= 11 is 11.2. The molecule has 0 radical (unpaired) electrons. The summed E-state index contributed by atoms with van der Waals surface area (Å²) in [6, 6.07) is 6.23. The van der Waals surface area contributed by atoms with Gasteiger partial charge >= 0.3 is 0 Å². The van der Waals surface area contributed by atoms with E-state index in [1.165, 1.54) is 24.3 Å². The first kappa shape index (κ1) is 14.6. The Bertz CT molecular complexity index is 669. The van der Waals surface area contributed by atoms with Crippen molar-refractivity contribution in [3.05, 3.63) is 57.6 Å². The van der Waals surface area contributed by atoms with Gasteiger partial charge in [-0.2, -0.15) is 0 Å². The lowest BCUT2D eigenvalue weighted by molar-refractivity contribution is 0.102. The number of nitrogen functional groups attached to an aromatic ring is 1. The Labute approximate surface area is 123 Å². The number of nitrogens with two attached hydrogens (primary N) is 1. The van der Waals surface area contributed by atoms with Crippen LogP contribution in [0.25, 0.3) is 0 Å². The molecular formula is C13H8Cl2F2N2O. The van der Waals surface area contributed by atoms with Crippen molar-refractivity contribution in [3.63, 3.8) is 0 Å². The van der Waals surface area contributed by atoms with E-state index in [-0.39, 0.29) is 27.0 Å². The van der Waals surface area contributed by atoms with Crippen molar-refractivity contribution in [2.45, 2.75) is 0 Å². The standard InChI is InChI=1S/C13H8Cl2F2N2O/c14-8-4-6(5-9(15)11(8)17)19-13(20)7-2-1-3-10(16)12(7)18/h1-5H,18H2,(H,19,20). The minimum Gasteiger partial charge on any atom is -0.396 e. The highest BCUT2D eigenvalue weighted by molar-refractivity contribution is 6.35. The van der Waals surface area contributed by atoms with Gasteiger partial charge in [-0.1, -0.05) is 29.3 Å². The maximum absolute atomic E-state index is 13.3. The summed E-state index contributed by atoms with van der Waals surface area (Å²) < 4.78 is 26.5. The van der Waals surface area contributed by atoms with Gasteiger partial charge in [0.15, 0.2) is 5.82 Å². The number of amides is 1. The molecule has 2 aromatic rings. The maximum Gasteiger partial charge on any atom is 0.257 e. The number of hydrogen-bond acceptors (Lipinski definition) is 2. The number of rotatable bonds is 2. The van der Waals surface area contributed by atoms with Crippen molar-refractivity contribution in [2.24, 2.45) is 0 Å². The second-order valence-electron chi connectivity index (χ2n) is 3.91. The molecule has 2 rings (SSSR count). The lowest BCUT2D eigenvalue weighted by Gasteiger charge is -2.09. The second-order valence-corrected chi connectivity index (χ2v) is 4.72. The molecule has 0 fully saturated rings. The number of anilines is 2. The molecular weight excluding hydrogens is 309 g/mol. The van der Waals surface area contributed by atoms with Gasteiger partial charge in [0.05, 0.1) is 21.3 Å². The molecule has 0 saturated carbocycles. The van der Waals surface area contributed by atoms with E-state index in [9.17, 15) is 13.6 Å². The van der Waals surface area contributed by atoms with Crippen LogP contribution in [-0.2, 0) is 0 Å². The number of benzene rings is 2. The van der Waals surface area contributed by atoms with Crippen molar-refractivity contribution in [1.29, 1.82) is 0 Å². The first-order valence-corrected chi connectivity index (χ1v) is 6.15. The van der Waals surface area contributed by atoms with E-state index in [2.05, 4.69) is 5.32 Å². The van der Waals surface area contributed by atoms with E-state index < -0.39 is 17.5 Å². The molecule has 0 aliphatic carbocycles. The van der Waals surface area contributed by atoms with E-state index in [1.54, 1.807) is 0 Å². The van der Waals surface area contributed by atoms with Gasteiger partial charge in [-0.25, -0.2) is 8.78 Å². The van der Waals surface area contributed by atoms with Crippen LogP contribution in [0.2, 0.25) is 10.0 Å². The third-order valence-corrected chi connectivity index (χ3v) is 3.09. The van der Waals surface area contributed by atoms with Gasteiger partial charge < -0.3 is 11.1 Å². The Hall–Kier alpha value is -1.85. The van der Waals surface area contributed by atoms with E-state index >= 15 is 0 Å². The normalized spacial score (nSPS) is 10.4. The Morgan fingerprint density at radius 3 is 2.35 bits per heavy atom. The number of carbonyl (C=O) groups excluding carboxylic acids is 1. The van der Waals surface area contributed by atoms with Crippen molar-refractivity contribution in [1.82, 2.24) is 0 Å². The van der Waals surface area contributed by atoms with Crippen LogP contribution in [0.4, 0.5) is 20.2 Å². The number of halogens is 4. The minimum atomic E-state index is -0.781. The predicted molar refractivity (Wildman–Crippen MR) is 75.2 cm³/mol. The first-order chi connectivity index (χ1) is 9.40. The summed E-state index contributed by atoms with van der Waals surface area (Å²) in [7, 11) is 0. The smallest absolute Gasteiger partial charge is 0.257 e. The Kier molecular flexibility index (Phi) is 4.11. The van der Waals surface area contributed by atoms with Crippen molar-refractivity contribution >= 4 is 40.5 Å². The van der Waals surface area contributed by atoms with Gasteiger partial charge in [-0.05, 0) is 24.3 Å². The van der Waals surface area contributed by atoms with Crippen LogP contribution in [0.15, 0.2) is 30.3 Å². The monoisotopic (exact) mass is 316 g/mol. The lowest BCUT2D eigenvalue weighted by atomic mass is 10.1.